The minimum atomic E-state index is -0.839. The highest BCUT2D eigenvalue weighted by molar-refractivity contribution is 6.03. The summed E-state index contributed by atoms with van der Waals surface area (Å²) in [5.41, 5.74) is 5.45. The first-order valence-electron chi connectivity index (χ1n) is 6.87. The number of amidine groups is 1. The zero-order chi connectivity index (χ0) is 15.5. The summed E-state index contributed by atoms with van der Waals surface area (Å²) < 4.78 is 0. The average molecular weight is 284 g/mol. The Morgan fingerprint density at radius 1 is 1.24 bits per heavy atom. The van der Waals surface area contributed by atoms with Crippen molar-refractivity contribution in [3.05, 3.63) is 42.5 Å². The molecular weight excluding hydrogens is 264 g/mol. The molecule has 0 aromatic heterocycles. The molecule has 2 rings (SSSR count). The van der Waals surface area contributed by atoms with E-state index in [1.165, 1.54) is 0 Å². The molecule has 1 atom stereocenters. The number of benzene rings is 2. The highest BCUT2D eigenvalue weighted by Gasteiger charge is 2.27. The van der Waals surface area contributed by atoms with Crippen LogP contribution in [-0.4, -0.2) is 17.4 Å². The Morgan fingerprint density at radius 3 is 2.57 bits per heavy atom. The first-order chi connectivity index (χ1) is 9.96. The zero-order valence-corrected chi connectivity index (χ0v) is 12.2. The molecule has 2 amide bonds. The van der Waals surface area contributed by atoms with Gasteiger partial charge >= 0.3 is 6.03 Å². The minimum Gasteiger partial charge on any atom is -0.386 e. The fraction of sp³-hybridized carbons (Fsp3) is 0.250. The summed E-state index contributed by atoms with van der Waals surface area (Å²) in [6.07, 6.45) is 0.547. The smallest absolute Gasteiger partial charge is 0.320 e. The summed E-state index contributed by atoms with van der Waals surface area (Å²) in [5, 5.41) is 15.2. The van der Waals surface area contributed by atoms with Crippen molar-refractivity contribution < 1.29 is 4.79 Å². The molecule has 2 aromatic rings. The predicted octanol–water partition coefficient (Wildman–Crippen LogP) is 3.07. The van der Waals surface area contributed by atoms with Gasteiger partial charge in [0.15, 0.2) is 0 Å². The molecule has 110 valence electrons. The van der Waals surface area contributed by atoms with Gasteiger partial charge in [-0.1, -0.05) is 43.3 Å². The number of rotatable bonds is 4. The number of nitrogens with one attached hydrogen (secondary N) is 3. The van der Waals surface area contributed by atoms with E-state index in [0.717, 1.165) is 16.5 Å². The highest BCUT2D eigenvalue weighted by Crippen LogP contribution is 2.23. The number of carbonyl (C=O) groups excluding carboxylic acids is 1. The number of nitrogens with two attached hydrogens (primary N) is 1. The van der Waals surface area contributed by atoms with Crippen molar-refractivity contribution >= 4 is 28.3 Å². The molecule has 5 N–H and O–H groups in total. The van der Waals surface area contributed by atoms with Crippen molar-refractivity contribution in [3.8, 4) is 0 Å². The van der Waals surface area contributed by atoms with Crippen LogP contribution < -0.4 is 16.4 Å². The molecule has 2 aromatic carbocycles. The number of carbonyl (C=O) groups is 1. The van der Waals surface area contributed by atoms with Crippen LogP contribution in [0.25, 0.3) is 10.8 Å². The second-order valence-corrected chi connectivity index (χ2v) is 5.21. The van der Waals surface area contributed by atoms with E-state index in [4.69, 9.17) is 11.1 Å². The van der Waals surface area contributed by atoms with Gasteiger partial charge in [-0.15, -0.1) is 0 Å². The Hall–Kier alpha value is -2.56. The van der Waals surface area contributed by atoms with Gasteiger partial charge < -0.3 is 16.4 Å². The lowest BCUT2D eigenvalue weighted by atomic mass is 9.98. The van der Waals surface area contributed by atoms with Crippen LogP contribution in [0.2, 0.25) is 0 Å². The topological polar surface area (TPSA) is 91.0 Å². The van der Waals surface area contributed by atoms with Crippen LogP contribution in [0.15, 0.2) is 42.5 Å². The molecule has 5 nitrogen and oxygen atoms in total. The third-order valence-electron chi connectivity index (χ3n) is 3.73. The monoisotopic (exact) mass is 284 g/mol. The molecule has 0 spiro atoms. The zero-order valence-electron chi connectivity index (χ0n) is 12.2. The Kier molecular flexibility index (Phi) is 4.12. The Labute approximate surface area is 124 Å². The lowest BCUT2D eigenvalue weighted by molar-refractivity contribution is 0.245. The molecule has 0 bridgehead atoms. The third kappa shape index (κ3) is 3.13. The maximum atomic E-state index is 12.2. The Balaban J connectivity index is 2.21. The fourth-order valence-electron chi connectivity index (χ4n) is 2.08. The number of anilines is 1. The molecule has 0 radical (unpaired) electrons. The van der Waals surface area contributed by atoms with E-state index in [9.17, 15) is 4.79 Å². The predicted molar refractivity (Wildman–Crippen MR) is 86.7 cm³/mol. The van der Waals surface area contributed by atoms with Crippen LogP contribution in [-0.2, 0) is 0 Å². The van der Waals surface area contributed by atoms with E-state index in [1.54, 1.807) is 6.92 Å². The largest absolute Gasteiger partial charge is 0.386 e. The SMILES string of the molecule is CCC(C)(NC(=O)Nc1cccc2ccccc12)C(=N)N. The molecule has 0 heterocycles. The summed E-state index contributed by atoms with van der Waals surface area (Å²) in [5.74, 6) is -0.0573. The second-order valence-electron chi connectivity index (χ2n) is 5.21. The van der Waals surface area contributed by atoms with Crippen LogP contribution in [0.5, 0.6) is 0 Å². The van der Waals surface area contributed by atoms with Gasteiger partial charge in [0.1, 0.15) is 5.84 Å². The Morgan fingerprint density at radius 2 is 1.90 bits per heavy atom. The number of fused-ring (bicyclic) bond motifs is 1. The van der Waals surface area contributed by atoms with E-state index in [1.807, 2.05) is 49.4 Å². The molecule has 0 aliphatic rings. The van der Waals surface area contributed by atoms with Gasteiger partial charge in [0.05, 0.1) is 11.2 Å². The van der Waals surface area contributed by atoms with Gasteiger partial charge in [0.25, 0.3) is 0 Å². The van der Waals surface area contributed by atoms with Crippen molar-refractivity contribution in [3.63, 3.8) is 0 Å². The van der Waals surface area contributed by atoms with Gasteiger partial charge in [-0.3, -0.25) is 5.41 Å². The molecular formula is C16H20N4O. The van der Waals surface area contributed by atoms with Crippen molar-refractivity contribution in [2.75, 3.05) is 5.32 Å². The summed E-state index contributed by atoms with van der Waals surface area (Å²) in [4.78, 5) is 12.2. The fourth-order valence-corrected chi connectivity index (χ4v) is 2.08. The normalized spacial score (nSPS) is 13.4. The van der Waals surface area contributed by atoms with Gasteiger partial charge in [-0.05, 0) is 24.8 Å². The lowest BCUT2D eigenvalue weighted by Crippen LogP contribution is -2.55. The van der Waals surface area contributed by atoms with E-state index < -0.39 is 5.54 Å². The van der Waals surface area contributed by atoms with Gasteiger partial charge in [-0.25, -0.2) is 4.79 Å². The third-order valence-corrected chi connectivity index (χ3v) is 3.73. The quantitative estimate of drug-likeness (QED) is 0.513. The minimum absolute atomic E-state index is 0.0573. The van der Waals surface area contributed by atoms with E-state index in [0.29, 0.717) is 6.42 Å². The number of amides is 2. The van der Waals surface area contributed by atoms with E-state index in [2.05, 4.69) is 10.6 Å². The molecule has 0 saturated carbocycles. The molecule has 0 fully saturated rings. The summed E-state index contributed by atoms with van der Waals surface area (Å²) in [6.45, 7) is 3.61. The van der Waals surface area contributed by atoms with Crippen molar-refractivity contribution in [2.45, 2.75) is 25.8 Å². The number of hydrogen-bond acceptors (Lipinski definition) is 2. The van der Waals surface area contributed by atoms with Gasteiger partial charge in [-0.2, -0.15) is 0 Å². The molecule has 0 aliphatic heterocycles. The number of urea groups is 1. The average Bonchev–Trinajstić information content (AvgIpc) is 2.47. The van der Waals surface area contributed by atoms with Crippen LogP contribution in [0.1, 0.15) is 20.3 Å². The van der Waals surface area contributed by atoms with E-state index >= 15 is 0 Å². The maximum Gasteiger partial charge on any atom is 0.320 e. The summed E-state index contributed by atoms with van der Waals surface area (Å²) in [6, 6.07) is 13.2. The standard InChI is InChI=1S/C16H20N4O/c1-3-16(2,14(17)18)20-15(21)19-13-10-6-8-11-7-4-5-9-12(11)13/h4-10H,3H2,1-2H3,(H3,17,18)(H2,19,20,21). The highest BCUT2D eigenvalue weighted by atomic mass is 16.2. The molecule has 21 heavy (non-hydrogen) atoms. The van der Waals surface area contributed by atoms with Crippen LogP contribution in [0.4, 0.5) is 10.5 Å². The van der Waals surface area contributed by atoms with Crippen molar-refractivity contribution in [1.82, 2.24) is 5.32 Å². The summed E-state index contributed by atoms with van der Waals surface area (Å²) >= 11 is 0. The first kappa shape index (κ1) is 14.8. The molecule has 0 aliphatic carbocycles. The van der Waals surface area contributed by atoms with Gasteiger partial charge in [0.2, 0.25) is 0 Å². The van der Waals surface area contributed by atoms with E-state index in [-0.39, 0.29) is 11.9 Å². The first-order valence-corrected chi connectivity index (χ1v) is 6.87. The van der Waals surface area contributed by atoms with Crippen molar-refractivity contribution in [1.29, 1.82) is 5.41 Å². The van der Waals surface area contributed by atoms with Crippen molar-refractivity contribution in [2.24, 2.45) is 5.73 Å². The van der Waals surface area contributed by atoms with Crippen LogP contribution in [0.3, 0.4) is 0 Å². The van der Waals surface area contributed by atoms with Crippen LogP contribution in [0, 0.1) is 5.41 Å². The molecule has 1 unspecified atom stereocenters. The lowest BCUT2D eigenvalue weighted by Gasteiger charge is -2.28. The summed E-state index contributed by atoms with van der Waals surface area (Å²) in [7, 11) is 0. The Bertz CT molecular complexity index is 678. The second kappa shape index (κ2) is 5.83. The maximum absolute atomic E-state index is 12.2. The molecule has 5 heteroatoms. The molecule has 0 saturated heterocycles. The van der Waals surface area contributed by atoms with Gasteiger partial charge in [0, 0.05) is 5.39 Å². The van der Waals surface area contributed by atoms with Crippen LogP contribution >= 0.6 is 0 Å². The number of hydrogen-bond donors (Lipinski definition) is 4.